The van der Waals surface area contributed by atoms with Crippen LogP contribution in [0.15, 0.2) is 71.1 Å². The zero-order valence-electron chi connectivity index (χ0n) is 20.3. The van der Waals surface area contributed by atoms with Crippen LogP contribution < -0.4 is 0 Å². The molecule has 166 valence electrons. The third-order valence-corrected chi connectivity index (χ3v) is 7.47. The van der Waals surface area contributed by atoms with E-state index in [1.54, 1.807) is 0 Å². The molecule has 2 heterocycles. The zero-order valence-corrected chi connectivity index (χ0v) is 20.3. The number of hydrogen-bond acceptors (Lipinski definition) is 1. The number of benzene rings is 5. The number of H-pyrrole nitrogens is 1. The summed E-state index contributed by atoms with van der Waals surface area (Å²) in [5.41, 5.74) is 8.33. The molecule has 2 heteroatoms. The van der Waals surface area contributed by atoms with Crippen molar-refractivity contribution >= 4 is 65.3 Å². The molecule has 0 atom stereocenters. The van der Waals surface area contributed by atoms with Crippen molar-refractivity contribution in [2.75, 3.05) is 0 Å². The van der Waals surface area contributed by atoms with Crippen LogP contribution in [-0.2, 0) is 5.41 Å². The Hall–Kier alpha value is -3.78. The average Bonchev–Trinajstić information content (AvgIpc) is 3.37. The van der Waals surface area contributed by atoms with E-state index in [4.69, 9.17) is 4.42 Å². The van der Waals surface area contributed by atoms with Crippen LogP contribution in [0.4, 0.5) is 0 Å². The van der Waals surface area contributed by atoms with Crippen LogP contribution in [0.1, 0.15) is 37.5 Å². The van der Waals surface area contributed by atoms with Crippen LogP contribution in [0.5, 0.6) is 0 Å². The molecule has 1 N–H and O–H groups in total. The molecule has 7 rings (SSSR count). The number of aromatic nitrogens is 1. The molecule has 0 radical (unpaired) electrons. The van der Waals surface area contributed by atoms with Gasteiger partial charge in [-0.2, -0.15) is 0 Å². The lowest BCUT2D eigenvalue weighted by atomic mass is 9.85. The Balaban J connectivity index is 1.80. The summed E-state index contributed by atoms with van der Waals surface area (Å²) in [6.07, 6.45) is 0. The molecule has 0 unspecified atom stereocenters. The summed E-state index contributed by atoms with van der Waals surface area (Å²) in [6.45, 7) is 11.2. The molecule has 2 aromatic heterocycles. The smallest absolute Gasteiger partial charge is 0.144 e. The highest BCUT2D eigenvalue weighted by Gasteiger charge is 2.22. The van der Waals surface area contributed by atoms with Gasteiger partial charge >= 0.3 is 0 Å². The molecule has 0 bridgehead atoms. The first kappa shape index (κ1) is 19.7. The first-order chi connectivity index (χ1) is 16.3. The van der Waals surface area contributed by atoms with Gasteiger partial charge < -0.3 is 9.40 Å². The maximum absolute atomic E-state index is 6.65. The van der Waals surface area contributed by atoms with Crippen molar-refractivity contribution < 1.29 is 4.42 Å². The SMILES string of the molecule is Cc1cc(C)c2c(c1)[nH]c1c3ccccc3c3oc4ccc5cc(C(C)(C)C)ccc5c4c3c12. The lowest BCUT2D eigenvalue weighted by Crippen LogP contribution is -2.10. The van der Waals surface area contributed by atoms with Gasteiger partial charge in [0.1, 0.15) is 11.2 Å². The lowest BCUT2D eigenvalue weighted by Gasteiger charge is -2.19. The van der Waals surface area contributed by atoms with Crippen molar-refractivity contribution in [2.24, 2.45) is 0 Å². The highest BCUT2D eigenvalue weighted by atomic mass is 16.3. The Morgan fingerprint density at radius 3 is 2.29 bits per heavy atom. The van der Waals surface area contributed by atoms with E-state index in [-0.39, 0.29) is 5.41 Å². The van der Waals surface area contributed by atoms with E-state index in [1.165, 1.54) is 65.4 Å². The van der Waals surface area contributed by atoms with E-state index >= 15 is 0 Å². The Morgan fingerprint density at radius 1 is 0.706 bits per heavy atom. The summed E-state index contributed by atoms with van der Waals surface area (Å²) in [5.74, 6) is 0. The van der Waals surface area contributed by atoms with E-state index in [0.29, 0.717) is 0 Å². The van der Waals surface area contributed by atoms with Crippen molar-refractivity contribution in [1.29, 1.82) is 0 Å². The summed E-state index contributed by atoms with van der Waals surface area (Å²) in [7, 11) is 0. The first-order valence-electron chi connectivity index (χ1n) is 12.0. The van der Waals surface area contributed by atoms with Crippen LogP contribution in [0, 0.1) is 13.8 Å². The van der Waals surface area contributed by atoms with Crippen LogP contribution in [0.3, 0.4) is 0 Å². The highest BCUT2D eigenvalue weighted by molar-refractivity contribution is 6.38. The molecule has 34 heavy (non-hydrogen) atoms. The molecule has 0 aliphatic carbocycles. The van der Waals surface area contributed by atoms with E-state index in [1.807, 2.05) is 0 Å². The highest BCUT2D eigenvalue weighted by Crippen LogP contribution is 2.46. The molecule has 0 aliphatic rings. The fourth-order valence-electron chi connectivity index (χ4n) is 5.89. The van der Waals surface area contributed by atoms with Crippen LogP contribution in [-0.4, -0.2) is 4.98 Å². The van der Waals surface area contributed by atoms with Gasteiger partial charge in [0.25, 0.3) is 0 Å². The number of rotatable bonds is 0. The van der Waals surface area contributed by atoms with Gasteiger partial charge in [-0.05, 0) is 58.9 Å². The molecule has 7 aromatic rings. The maximum atomic E-state index is 6.65. The normalized spacial score (nSPS) is 12.9. The van der Waals surface area contributed by atoms with Gasteiger partial charge in [0.2, 0.25) is 0 Å². The first-order valence-corrected chi connectivity index (χ1v) is 12.0. The van der Waals surface area contributed by atoms with E-state index in [0.717, 1.165) is 16.6 Å². The third-order valence-electron chi connectivity index (χ3n) is 7.47. The quantitative estimate of drug-likeness (QED) is 0.249. The Kier molecular flexibility index (Phi) is 3.71. The van der Waals surface area contributed by atoms with E-state index in [2.05, 4.69) is 106 Å². The van der Waals surface area contributed by atoms with Gasteiger partial charge in [-0.3, -0.25) is 0 Å². The number of aryl methyl sites for hydroxylation is 2. The fourth-order valence-corrected chi connectivity index (χ4v) is 5.89. The second-order valence-corrected chi connectivity index (χ2v) is 10.9. The third kappa shape index (κ3) is 2.51. The minimum Gasteiger partial charge on any atom is -0.455 e. The second kappa shape index (κ2) is 6.42. The maximum Gasteiger partial charge on any atom is 0.144 e. The van der Waals surface area contributed by atoms with Crippen molar-refractivity contribution in [2.45, 2.75) is 40.0 Å². The Bertz CT molecular complexity index is 1960. The van der Waals surface area contributed by atoms with Gasteiger partial charge in [-0.1, -0.05) is 75.4 Å². The summed E-state index contributed by atoms with van der Waals surface area (Å²) < 4.78 is 6.65. The molecule has 0 fully saturated rings. The fraction of sp³-hybridized carbons (Fsp3) is 0.188. The number of furan rings is 1. The Morgan fingerprint density at radius 2 is 1.50 bits per heavy atom. The van der Waals surface area contributed by atoms with Crippen LogP contribution >= 0.6 is 0 Å². The van der Waals surface area contributed by atoms with Crippen LogP contribution in [0.2, 0.25) is 0 Å². The number of nitrogens with one attached hydrogen (secondary N) is 1. The minimum absolute atomic E-state index is 0.108. The summed E-state index contributed by atoms with van der Waals surface area (Å²) in [4.78, 5) is 3.78. The van der Waals surface area contributed by atoms with Gasteiger partial charge in [0.15, 0.2) is 0 Å². The average molecular weight is 442 g/mol. The molecule has 0 spiro atoms. The predicted molar refractivity (Wildman–Crippen MR) is 146 cm³/mol. The van der Waals surface area contributed by atoms with E-state index in [9.17, 15) is 0 Å². The number of aromatic amines is 1. The van der Waals surface area contributed by atoms with Crippen molar-refractivity contribution in [3.8, 4) is 0 Å². The topological polar surface area (TPSA) is 28.9 Å². The summed E-state index contributed by atoms with van der Waals surface area (Å²) >= 11 is 0. The minimum atomic E-state index is 0.108. The largest absolute Gasteiger partial charge is 0.455 e. The molecule has 2 nitrogen and oxygen atoms in total. The number of fused-ring (bicyclic) bond motifs is 12. The summed E-state index contributed by atoms with van der Waals surface area (Å²) in [5, 5.41) is 9.87. The van der Waals surface area contributed by atoms with Crippen LogP contribution in [0.25, 0.3) is 65.3 Å². The molecule has 0 amide bonds. The summed E-state index contributed by atoms with van der Waals surface area (Å²) in [6, 6.07) is 24.4. The van der Waals surface area contributed by atoms with Gasteiger partial charge in [0, 0.05) is 37.8 Å². The van der Waals surface area contributed by atoms with Crippen molar-refractivity contribution in [3.63, 3.8) is 0 Å². The zero-order chi connectivity index (χ0) is 23.4. The molecular formula is C32H27NO. The van der Waals surface area contributed by atoms with Gasteiger partial charge in [-0.15, -0.1) is 0 Å². The monoisotopic (exact) mass is 441 g/mol. The molecule has 0 saturated carbocycles. The standard InChI is InChI=1S/C32H27NO/c1-17-14-18(2)26-24(15-17)33-30-22-8-6-7-9-23(22)31-29(28(26)30)27-21-12-11-20(32(3,4)5)16-19(21)10-13-25(27)34-31/h6-16,33H,1-5H3. The van der Waals surface area contributed by atoms with Gasteiger partial charge in [-0.25, -0.2) is 0 Å². The lowest BCUT2D eigenvalue weighted by molar-refractivity contribution is 0.591. The molecule has 0 saturated heterocycles. The predicted octanol–water partition coefficient (Wildman–Crippen LogP) is 9.44. The van der Waals surface area contributed by atoms with Gasteiger partial charge in [0.05, 0.1) is 5.52 Å². The molecule has 5 aromatic carbocycles. The second-order valence-electron chi connectivity index (χ2n) is 10.9. The number of hydrogen-bond donors (Lipinski definition) is 1. The van der Waals surface area contributed by atoms with E-state index < -0.39 is 0 Å². The van der Waals surface area contributed by atoms with Crippen molar-refractivity contribution in [3.05, 3.63) is 83.4 Å². The Labute approximate surface area is 198 Å². The molecule has 0 aliphatic heterocycles. The molecular weight excluding hydrogens is 414 g/mol. The van der Waals surface area contributed by atoms with Crippen molar-refractivity contribution in [1.82, 2.24) is 4.98 Å².